The molecule has 88 valence electrons. The molecule has 0 spiro atoms. The summed E-state index contributed by atoms with van der Waals surface area (Å²) in [6.07, 6.45) is 0.325. The van der Waals surface area contributed by atoms with Crippen LogP contribution in [0.4, 0.5) is 0 Å². The van der Waals surface area contributed by atoms with Gasteiger partial charge in [-0.25, -0.2) is 4.98 Å². The van der Waals surface area contributed by atoms with Gasteiger partial charge in [0, 0.05) is 11.3 Å². The standard InChI is InChI=1S/C13H13ClN2O/c1-8(17)7-12-15-9(2)13(16-12)10-5-3-4-6-11(10)14/h3-6H,7H2,1-2H3,(H,15,16). The molecule has 0 fully saturated rings. The van der Waals surface area contributed by atoms with Gasteiger partial charge >= 0.3 is 0 Å². The van der Waals surface area contributed by atoms with Crippen LogP contribution in [-0.2, 0) is 11.2 Å². The summed E-state index contributed by atoms with van der Waals surface area (Å²) in [5.74, 6) is 0.773. The number of halogens is 1. The highest BCUT2D eigenvalue weighted by Crippen LogP contribution is 2.28. The molecule has 0 saturated heterocycles. The van der Waals surface area contributed by atoms with Gasteiger partial charge in [0.25, 0.3) is 0 Å². The Hall–Kier alpha value is -1.61. The first kappa shape index (κ1) is 11.9. The number of hydrogen-bond acceptors (Lipinski definition) is 2. The van der Waals surface area contributed by atoms with E-state index in [4.69, 9.17) is 11.6 Å². The highest BCUT2D eigenvalue weighted by molar-refractivity contribution is 6.33. The van der Waals surface area contributed by atoms with Crippen LogP contribution >= 0.6 is 11.6 Å². The molecule has 0 aliphatic rings. The number of nitrogens with one attached hydrogen (secondary N) is 1. The highest BCUT2D eigenvalue weighted by Gasteiger charge is 2.12. The zero-order chi connectivity index (χ0) is 12.4. The number of aryl methyl sites for hydroxylation is 1. The fourth-order valence-electron chi connectivity index (χ4n) is 1.76. The molecule has 17 heavy (non-hydrogen) atoms. The lowest BCUT2D eigenvalue weighted by Gasteiger charge is -2.00. The lowest BCUT2D eigenvalue weighted by atomic mass is 10.1. The van der Waals surface area contributed by atoms with Crippen LogP contribution < -0.4 is 0 Å². The Morgan fingerprint density at radius 3 is 2.76 bits per heavy atom. The van der Waals surface area contributed by atoms with Crippen molar-refractivity contribution in [1.82, 2.24) is 9.97 Å². The number of H-pyrrole nitrogens is 1. The number of benzene rings is 1. The number of Topliss-reactive ketones (excluding diaryl/α,β-unsaturated/α-hetero) is 1. The minimum atomic E-state index is 0.0875. The van der Waals surface area contributed by atoms with Crippen molar-refractivity contribution in [3.05, 3.63) is 40.8 Å². The van der Waals surface area contributed by atoms with Crippen LogP contribution in [0.15, 0.2) is 24.3 Å². The molecule has 2 rings (SSSR count). The van der Waals surface area contributed by atoms with Gasteiger partial charge in [0.15, 0.2) is 0 Å². The molecular weight excluding hydrogens is 236 g/mol. The summed E-state index contributed by atoms with van der Waals surface area (Å²) in [6.45, 7) is 3.47. The zero-order valence-electron chi connectivity index (χ0n) is 9.75. The van der Waals surface area contributed by atoms with Gasteiger partial charge in [0.1, 0.15) is 11.6 Å². The van der Waals surface area contributed by atoms with Gasteiger partial charge < -0.3 is 4.98 Å². The molecule has 4 heteroatoms. The van der Waals surface area contributed by atoms with Crippen LogP contribution in [0.25, 0.3) is 11.3 Å². The van der Waals surface area contributed by atoms with Gasteiger partial charge in [-0.05, 0) is 19.9 Å². The second-order valence-electron chi connectivity index (χ2n) is 4.02. The van der Waals surface area contributed by atoms with Crippen LogP contribution in [0.1, 0.15) is 18.4 Å². The average molecular weight is 249 g/mol. The fraction of sp³-hybridized carbons (Fsp3) is 0.231. The van der Waals surface area contributed by atoms with E-state index in [1.54, 1.807) is 6.92 Å². The predicted molar refractivity (Wildman–Crippen MR) is 68.2 cm³/mol. The van der Waals surface area contributed by atoms with Crippen molar-refractivity contribution in [2.75, 3.05) is 0 Å². The Labute approximate surface area is 105 Å². The minimum absolute atomic E-state index is 0.0875. The van der Waals surface area contributed by atoms with E-state index < -0.39 is 0 Å². The maximum absolute atomic E-state index is 11.1. The number of imidazole rings is 1. The van der Waals surface area contributed by atoms with Crippen molar-refractivity contribution in [3.63, 3.8) is 0 Å². The Bertz CT molecular complexity index is 560. The molecule has 1 aromatic carbocycles. The number of hydrogen-bond donors (Lipinski definition) is 1. The van der Waals surface area contributed by atoms with E-state index in [1.807, 2.05) is 31.2 Å². The summed E-state index contributed by atoms with van der Waals surface area (Å²) >= 11 is 6.12. The van der Waals surface area contributed by atoms with Crippen LogP contribution in [0.5, 0.6) is 0 Å². The SMILES string of the molecule is CC(=O)Cc1nc(-c2ccccc2Cl)c(C)[nH]1. The molecule has 0 radical (unpaired) electrons. The van der Waals surface area contributed by atoms with Crippen molar-refractivity contribution in [3.8, 4) is 11.3 Å². The van der Waals surface area contributed by atoms with Gasteiger partial charge in [-0.15, -0.1) is 0 Å². The number of aromatic amines is 1. The molecule has 0 aliphatic carbocycles. The third-order valence-corrected chi connectivity index (χ3v) is 2.81. The molecule has 0 aliphatic heterocycles. The normalized spacial score (nSPS) is 10.5. The molecule has 1 heterocycles. The molecule has 1 N–H and O–H groups in total. The lowest BCUT2D eigenvalue weighted by Crippen LogP contribution is -1.98. The zero-order valence-corrected chi connectivity index (χ0v) is 10.5. The molecule has 3 nitrogen and oxygen atoms in total. The molecule has 0 saturated carbocycles. The molecular formula is C13H13ClN2O. The van der Waals surface area contributed by atoms with Crippen LogP contribution in [0.2, 0.25) is 5.02 Å². The Morgan fingerprint density at radius 2 is 2.12 bits per heavy atom. The van der Waals surface area contributed by atoms with Crippen LogP contribution in [-0.4, -0.2) is 15.8 Å². The van der Waals surface area contributed by atoms with Crippen LogP contribution in [0, 0.1) is 6.92 Å². The largest absolute Gasteiger partial charge is 0.345 e. The molecule has 0 amide bonds. The molecule has 2 aromatic rings. The number of nitrogens with zero attached hydrogens (tertiary/aromatic N) is 1. The number of ketones is 1. The molecule has 0 atom stereocenters. The monoisotopic (exact) mass is 248 g/mol. The van der Waals surface area contributed by atoms with E-state index >= 15 is 0 Å². The topological polar surface area (TPSA) is 45.8 Å². The van der Waals surface area contributed by atoms with Crippen molar-refractivity contribution in [2.45, 2.75) is 20.3 Å². The van der Waals surface area contributed by atoms with E-state index in [0.29, 0.717) is 17.3 Å². The number of aromatic nitrogens is 2. The van der Waals surface area contributed by atoms with Crippen molar-refractivity contribution in [2.24, 2.45) is 0 Å². The second-order valence-corrected chi connectivity index (χ2v) is 4.42. The Morgan fingerprint density at radius 1 is 1.41 bits per heavy atom. The minimum Gasteiger partial charge on any atom is -0.345 e. The van der Waals surface area contributed by atoms with Gasteiger partial charge in [0.2, 0.25) is 0 Å². The molecule has 0 bridgehead atoms. The third-order valence-electron chi connectivity index (χ3n) is 2.48. The first-order valence-electron chi connectivity index (χ1n) is 5.37. The van der Waals surface area contributed by atoms with Crippen LogP contribution in [0.3, 0.4) is 0 Å². The number of carbonyl (C=O) groups is 1. The van der Waals surface area contributed by atoms with E-state index in [0.717, 1.165) is 17.0 Å². The molecule has 1 aromatic heterocycles. The first-order chi connectivity index (χ1) is 8.08. The first-order valence-corrected chi connectivity index (χ1v) is 5.75. The fourth-order valence-corrected chi connectivity index (χ4v) is 1.98. The summed E-state index contributed by atoms with van der Waals surface area (Å²) < 4.78 is 0. The number of rotatable bonds is 3. The summed E-state index contributed by atoms with van der Waals surface area (Å²) in [5, 5.41) is 0.663. The number of carbonyl (C=O) groups excluding carboxylic acids is 1. The Balaban J connectivity index is 2.43. The van der Waals surface area contributed by atoms with Gasteiger partial charge in [-0.1, -0.05) is 29.8 Å². The quantitative estimate of drug-likeness (QED) is 0.907. The van der Waals surface area contributed by atoms with E-state index in [1.165, 1.54) is 0 Å². The maximum atomic E-state index is 11.1. The summed E-state index contributed by atoms with van der Waals surface area (Å²) in [4.78, 5) is 18.6. The van der Waals surface area contributed by atoms with Gasteiger partial charge in [-0.2, -0.15) is 0 Å². The van der Waals surface area contributed by atoms with E-state index in [2.05, 4.69) is 9.97 Å². The van der Waals surface area contributed by atoms with Crippen molar-refractivity contribution in [1.29, 1.82) is 0 Å². The Kier molecular flexibility index (Phi) is 3.29. The predicted octanol–water partition coefficient (Wildman–Crippen LogP) is 3.17. The summed E-state index contributed by atoms with van der Waals surface area (Å²) in [5.41, 5.74) is 2.62. The van der Waals surface area contributed by atoms with E-state index in [-0.39, 0.29) is 5.78 Å². The van der Waals surface area contributed by atoms with Gasteiger partial charge in [-0.3, -0.25) is 4.79 Å². The van der Waals surface area contributed by atoms with E-state index in [9.17, 15) is 4.79 Å². The van der Waals surface area contributed by atoms with Gasteiger partial charge in [0.05, 0.1) is 17.1 Å². The lowest BCUT2D eigenvalue weighted by molar-refractivity contribution is -0.116. The second kappa shape index (κ2) is 4.72. The van der Waals surface area contributed by atoms with Crippen molar-refractivity contribution < 1.29 is 4.79 Å². The van der Waals surface area contributed by atoms with Crippen molar-refractivity contribution >= 4 is 17.4 Å². The average Bonchev–Trinajstić information content (AvgIpc) is 2.59. The smallest absolute Gasteiger partial charge is 0.137 e. The highest BCUT2D eigenvalue weighted by atomic mass is 35.5. The maximum Gasteiger partial charge on any atom is 0.137 e. The molecule has 0 unspecified atom stereocenters. The summed E-state index contributed by atoms with van der Waals surface area (Å²) in [7, 11) is 0. The third kappa shape index (κ3) is 2.56. The summed E-state index contributed by atoms with van der Waals surface area (Å²) in [6, 6.07) is 7.54.